The van der Waals surface area contributed by atoms with Crippen molar-refractivity contribution in [3.8, 4) is 0 Å². The minimum absolute atomic E-state index is 0.0516. The molecular formula is C27H25ClN2O4S3. The Labute approximate surface area is 227 Å². The highest BCUT2D eigenvalue weighted by Crippen LogP contribution is 2.37. The van der Waals surface area contributed by atoms with Gasteiger partial charge in [0.15, 0.2) is 0 Å². The van der Waals surface area contributed by atoms with Gasteiger partial charge in [-0.2, -0.15) is 0 Å². The van der Waals surface area contributed by atoms with Crippen LogP contribution in [0.3, 0.4) is 0 Å². The highest BCUT2D eigenvalue weighted by atomic mass is 35.5. The van der Waals surface area contributed by atoms with Crippen LogP contribution in [-0.2, 0) is 20.0 Å². The number of hydrogen-bond acceptors (Lipinski definition) is 5. The van der Waals surface area contributed by atoms with Gasteiger partial charge in [0.2, 0.25) is 10.0 Å². The Kier molecular flexibility index (Phi) is 8.49. The Morgan fingerprint density at radius 2 is 1.38 bits per heavy atom. The molecule has 37 heavy (non-hydrogen) atoms. The van der Waals surface area contributed by atoms with E-state index in [1.54, 1.807) is 36.4 Å². The van der Waals surface area contributed by atoms with Crippen LogP contribution in [0.4, 0.5) is 11.4 Å². The van der Waals surface area contributed by atoms with E-state index in [1.807, 2.05) is 49.4 Å². The van der Waals surface area contributed by atoms with Crippen LogP contribution in [0.15, 0.2) is 108 Å². The summed E-state index contributed by atoms with van der Waals surface area (Å²) in [5.41, 5.74) is 3.46. The molecule has 0 aliphatic heterocycles. The van der Waals surface area contributed by atoms with Crippen molar-refractivity contribution in [2.75, 3.05) is 14.5 Å². The third-order valence-electron chi connectivity index (χ3n) is 5.39. The predicted molar refractivity (Wildman–Crippen MR) is 153 cm³/mol. The van der Waals surface area contributed by atoms with Crippen LogP contribution in [0.2, 0.25) is 5.02 Å². The fourth-order valence-electron chi connectivity index (χ4n) is 3.58. The molecule has 0 saturated heterocycles. The van der Waals surface area contributed by atoms with Gasteiger partial charge in [-0.25, -0.2) is 16.8 Å². The maximum absolute atomic E-state index is 13.0. The van der Waals surface area contributed by atoms with Gasteiger partial charge in [-0.1, -0.05) is 77.8 Å². The normalized spacial score (nSPS) is 12.6. The summed E-state index contributed by atoms with van der Waals surface area (Å²) in [5.74, 6) is 0. The van der Waals surface area contributed by atoms with Crippen molar-refractivity contribution in [2.24, 2.45) is 0 Å². The van der Waals surface area contributed by atoms with Gasteiger partial charge < -0.3 is 0 Å². The second-order valence-corrected chi connectivity index (χ2v) is 13.6. The summed E-state index contributed by atoms with van der Waals surface area (Å²) in [6, 6.07) is 29.6. The Hall–Kier alpha value is -2.98. The van der Waals surface area contributed by atoms with Gasteiger partial charge in [0.1, 0.15) is 5.08 Å². The van der Waals surface area contributed by atoms with Crippen LogP contribution in [0.5, 0.6) is 0 Å². The summed E-state index contributed by atoms with van der Waals surface area (Å²) in [4.78, 5) is -0.0516. The second kappa shape index (κ2) is 11.6. The molecule has 0 bridgehead atoms. The monoisotopic (exact) mass is 572 g/mol. The van der Waals surface area contributed by atoms with Crippen LogP contribution in [0, 0.1) is 6.92 Å². The standard InChI is InChI=1S/C27H25ClN2O4S3/c1-20-10-16-24(17-11-20)30-37(33,34)26-9-5-8-25(18-26)29-36(31,32)19-35-27(21-6-3-2-4-7-21)22-12-14-23(28)15-13-22/h2-18,27,29-30H,19H2,1H3. The largest absolute Gasteiger partial charge is 0.283 e. The molecule has 4 aromatic carbocycles. The lowest BCUT2D eigenvalue weighted by atomic mass is 10.0. The second-order valence-electron chi connectivity index (χ2n) is 8.34. The molecular weight excluding hydrogens is 548 g/mol. The molecule has 2 N–H and O–H groups in total. The van der Waals surface area contributed by atoms with E-state index in [0.29, 0.717) is 10.7 Å². The Morgan fingerprint density at radius 3 is 2.05 bits per heavy atom. The fourth-order valence-corrected chi connectivity index (χ4v) is 7.49. The van der Waals surface area contributed by atoms with Crippen LogP contribution < -0.4 is 9.44 Å². The first-order chi connectivity index (χ1) is 17.6. The summed E-state index contributed by atoms with van der Waals surface area (Å²) in [6.07, 6.45) is 0. The van der Waals surface area contributed by atoms with Crippen molar-refractivity contribution in [2.45, 2.75) is 17.1 Å². The van der Waals surface area contributed by atoms with Gasteiger partial charge in [-0.3, -0.25) is 9.44 Å². The first kappa shape index (κ1) is 27.1. The quantitative estimate of drug-likeness (QED) is 0.221. The molecule has 10 heteroatoms. The Morgan fingerprint density at radius 1 is 0.730 bits per heavy atom. The lowest BCUT2D eigenvalue weighted by Crippen LogP contribution is -2.17. The van der Waals surface area contributed by atoms with Crippen LogP contribution in [0.1, 0.15) is 21.9 Å². The number of benzene rings is 4. The summed E-state index contributed by atoms with van der Waals surface area (Å²) in [6.45, 7) is 1.91. The Bertz CT molecular complexity index is 1560. The summed E-state index contributed by atoms with van der Waals surface area (Å²) in [7, 11) is -7.71. The van der Waals surface area contributed by atoms with E-state index in [9.17, 15) is 16.8 Å². The fraction of sp³-hybridized carbons (Fsp3) is 0.111. The molecule has 4 rings (SSSR count). The minimum Gasteiger partial charge on any atom is -0.283 e. The van der Waals surface area contributed by atoms with Crippen molar-refractivity contribution in [1.29, 1.82) is 0 Å². The third-order valence-corrected chi connectivity index (χ3v) is 10.2. The number of anilines is 2. The highest BCUT2D eigenvalue weighted by molar-refractivity contribution is 8.13. The van der Waals surface area contributed by atoms with Crippen molar-refractivity contribution in [1.82, 2.24) is 0 Å². The van der Waals surface area contributed by atoms with Crippen molar-refractivity contribution in [3.63, 3.8) is 0 Å². The minimum atomic E-state index is -3.91. The van der Waals surface area contributed by atoms with Crippen molar-refractivity contribution in [3.05, 3.63) is 125 Å². The van der Waals surface area contributed by atoms with Gasteiger partial charge >= 0.3 is 0 Å². The number of hydrogen-bond donors (Lipinski definition) is 2. The molecule has 0 aromatic heterocycles. The maximum Gasteiger partial charge on any atom is 0.261 e. The van der Waals surface area contributed by atoms with E-state index >= 15 is 0 Å². The average Bonchev–Trinajstić information content (AvgIpc) is 2.87. The maximum atomic E-state index is 13.0. The molecule has 6 nitrogen and oxygen atoms in total. The zero-order valence-corrected chi connectivity index (χ0v) is 23.0. The molecule has 1 unspecified atom stereocenters. The molecule has 1 atom stereocenters. The van der Waals surface area contributed by atoms with Gasteiger partial charge in [0, 0.05) is 16.4 Å². The van der Waals surface area contributed by atoms with Crippen LogP contribution in [0.25, 0.3) is 0 Å². The van der Waals surface area contributed by atoms with Crippen LogP contribution in [-0.4, -0.2) is 21.9 Å². The first-order valence-corrected chi connectivity index (χ1v) is 15.8. The van der Waals surface area contributed by atoms with Crippen molar-refractivity contribution < 1.29 is 16.8 Å². The van der Waals surface area contributed by atoms with Gasteiger partial charge in [0.05, 0.1) is 10.1 Å². The number of nitrogens with one attached hydrogen (secondary N) is 2. The molecule has 0 aliphatic carbocycles. The molecule has 0 heterocycles. The molecule has 192 valence electrons. The highest BCUT2D eigenvalue weighted by Gasteiger charge is 2.21. The predicted octanol–water partition coefficient (Wildman–Crippen LogP) is 6.67. The van der Waals surface area contributed by atoms with Crippen molar-refractivity contribution >= 4 is 54.8 Å². The van der Waals surface area contributed by atoms with E-state index in [4.69, 9.17) is 11.6 Å². The smallest absolute Gasteiger partial charge is 0.261 e. The molecule has 0 radical (unpaired) electrons. The van der Waals surface area contributed by atoms with E-state index in [0.717, 1.165) is 16.7 Å². The van der Waals surface area contributed by atoms with Gasteiger partial charge in [-0.15, -0.1) is 11.8 Å². The molecule has 0 spiro atoms. The SMILES string of the molecule is Cc1ccc(NS(=O)(=O)c2cccc(NS(=O)(=O)CSC(c3ccccc3)c3ccc(Cl)cc3)c2)cc1. The van der Waals surface area contributed by atoms with E-state index in [2.05, 4.69) is 9.44 Å². The van der Waals surface area contributed by atoms with E-state index in [1.165, 1.54) is 36.0 Å². The molecule has 0 amide bonds. The van der Waals surface area contributed by atoms with Gasteiger partial charge in [0.25, 0.3) is 10.0 Å². The Balaban J connectivity index is 1.49. The van der Waals surface area contributed by atoms with E-state index in [-0.39, 0.29) is 20.9 Å². The number of sulfonamides is 2. The van der Waals surface area contributed by atoms with Gasteiger partial charge in [-0.05, 0) is 60.5 Å². The number of aryl methyl sites for hydroxylation is 1. The lowest BCUT2D eigenvalue weighted by molar-refractivity contribution is 0.600. The number of thioether (sulfide) groups is 1. The summed E-state index contributed by atoms with van der Waals surface area (Å²) in [5, 5.41) is 0.121. The zero-order chi connectivity index (χ0) is 26.5. The summed E-state index contributed by atoms with van der Waals surface area (Å²) >= 11 is 7.29. The molecule has 0 aliphatic rings. The lowest BCUT2D eigenvalue weighted by Gasteiger charge is -2.18. The number of rotatable bonds is 10. The third kappa shape index (κ3) is 7.52. The molecule has 0 fully saturated rings. The number of halogens is 1. The average molecular weight is 573 g/mol. The molecule has 0 saturated carbocycles. The zero-order valence-electron chi connectivity index (χ0n) is 19.8. The first-order valence-electron chi connectivity index (χ1n) is 11.2. The van der Waals surface area contributed by atoms with E-state index < -0.39 is 20.0 Å². The van der Waals surface area contributed by atoms with Crippen LogP contribution >= 0.6 is 23.4 Å². The molecule has 4 aromatic rings. The summed E-state index contributed by atoms with van der Waals surface area (Å²) < 4.78 is 56.7. The topological polar surface area (TPSA) is 92.3 Å².